The van der Waals surface area contributed by atoms with Gasteiger partial charge in [-0.2, -0.15) is 0 Å². The Morgan fingerprint density at radius 2 is 1.95 bits per heavy atom. The Hall–Kier alpha value is -1.73. The molecule has 0 aromatic heterocycles. The maximum Gasteiger partial charge on any atom is 0.338 e. The summed E-state index contributed by atoms with van der Waals surface area (Å²) >= 11 is 6.39. The highest BCUT2D eigenvalue weighted by atomic mass is 79.9. The van der Waals surface area contributed by atoms with Gasteiger partial charge in [-0.15, -0.1) is 0 Å². The molecule has 0 aliphatic rings. The molecule has 0 aliphatic carbocycles. The molecule has 0 fully saturated rings. The fourth-order valence-electron chi connectivity index (χ4n) is 1.64. The van der Waals surface area contributed by atoms with Crippen molar-refractivity contribution < 1.29 is 14.5 Å². The standard InChI is InChI=1S/C14H9Br2NO4/c15-11-3-1-2-9(6-11)8-21-14(18)10-4-5-12(16)13(7-10)17(19)20/h1-7H,8H2. The molecular formula is C14H9Br2NO4. The predicted molar refractivity (Wildman–Crippen MR) is 84.1 cm³/mol. The molecule has 2 rings (SSSR count). The first kappa shape index (κ1) is 15.7. The molecule has 108 valence electrons. The lowest BCUT2D eigenvalue weighted by molar-refractivity contribution is -0.385. The molecular weight excluding hydrogens is 406 g/mol. The third kappa shape index (κ3) is 4.12. The number of nitrogens with zero attached hydrogens (tertiary/aromatic N) is 1. The van der Waals surface area contributed by atoms with E-state index in [-0.39, 0.29) is 17.9 Å². The van der Waals surface area contributed by atoms with Gasteiger partial charge in [0.1, 0.15) is 6.61 Å². The molecule has 2 aromatic carbocycles. The maximum absolute atomic E-state index is 11.9. The largest absolute Gasteiger partial charge is 0.457 e. The van der Waals surface area contributed by atoms with Gasteiger partial charge in [0.15, 0.2) is 0 Å². The van der Waals surface area contributed by atoms with Crippen LogP contribution < -0.4 is 0 Å². The van der Waals surface area contributed by atoms with Crippen molar-refractivity contribution >= 4 is 43.5 Å². The van der Waals surface area contributed by atoms with Crippen molar-refractivity contribution in [2.75, 3.05) is 0 Å². The van der Waals surface area contributed by atoms with Gasteiger partial charge in [-0.1, -0.05) is 28.1 Å². The number of halogens is 2. The number of ether oxygens (including phenoxy) is 1. The third-order valence-corrected chi connectivity index (χ3v) is 3.80. The minimum atomic E-state index is -0.606. The number of carbonyl (C=O) groups is 1. The van der Waals surface area contributed by atoms with Crippen molar-refractivity contribution in [3.05, 3.63) is 72.7 Å². The van der Waals surface area contributed by atoms with Crippen LogP contribution >= 0.6 is 31.9 Å². The molecule has 5 nitrogen and oxygen atoms in total. The number of benzene rings is 2. The summed E-state index contributed by atoms with van der Waals surface area (Å²) in [5.41, 5.74) is 0.788. The average Bonchev–Trinajstić information content (AvgIpc) is 2.45. The SMILES string of the molecule is O=C(OCc1cccc(Br)c1)c1ccc(Br)c([N+](=O)[O-])c1. The molecule has 0 heterocycles. The van der Waals surface area contributed by atoms with Crippen LogP contribution in [0.15, 0.2) is 51.4 Å². The Balaban J connectivity index is 2.10. The van der Waals surface area contributed by atoms with E-state index in [1.165, 1.54) is 18.2 Å². The number of hydrogen-bond donors (Lipinski definition) is 0. The van der Waals surface area contributed by atoms with E-state index in [2.05, 4.69) is 31.9 Å². The van der Waals surface area contributed by atoms with E-state index in [9.17, 15) is 14.9 Å². The van der Waals surface area contributed by atoms with Crippen LogP contribution in [-0.4, -0.2) is 10.9 Å². The first-order valence-electron chi connectivity index (χ1n) is 5.83. The van der Waals surface area contributed by atoms with Gasteiger partial charge in [0.2, 0.25) is 0 Å². The zero-order valence-corrected chi connectivity index (χ0v) is 13.8. The van der Waals surface area contributed by atoms with E-state index in [1.54, 1.807) is 0 Å². The number of hydrogen-bond acceptors (Lipinski definition) is 4. The molecule has 21 heavy (non-hydrogen) atoms. The van der Waals surface area contributed by atoms with Gasteiger partial charge in [-0.25, -0.2) is 4.79 Å². The molecule has 0 N–H and O–H groups in total. The van der Waals surface area contributed by atoms with E-state index < -0.39 is 10.9 Å². The van der Waals surface area contributed by atoms with E-state index in [4.69, 9.17) is 4.74 Å². The van der Waals surface area contributed by atoms with E-state index in [1.807, 2.05) is 24.3 Å². The highest BCUT2D eigenvalue weighted by Crippen LogP contribution is 2.26. The van der Waals surface area contributed by atoms with Crippen LogP contribution in [0, 0.1) is 10.1 Å². The second-order valence-electron chi connectivity index (χ2n) is 4.13. The molecule has 0 unspecified atom stereocenters. The summed E-state index contributed by atoms with van der Waals surface area (Å²) in [6, 6.07) is 11.5. The van der Waals surface area contributed by atoms with E-state index in [0.29, 0.717) is 4.47 Å². The molecule has 0 saturated carbocycles. The Bertz CT molecular complexity index is 703. The second-order valence-corrected chi connectivity index (χ2v) is 5.90. The quantitative estimate of drug-likeness (QED) is 0.420. The molecule has 2 aromatic rings. The van der Waals surface area contributed by atoms with Crippen LogP contribution in [0.3, 0.4) is 0 Å². The summed E-state index contributed by atoms with van der Waals surface area (Å²) < 4.78 is 6.35. The summed E-state index contributed by atoms with van der Waals surface area (Å²) in [5.74, 6) is -0.606. The molecule has 7 heteroatoms. The smallest absolute Gasteiger partial charge is 0.338 e. The number of nitro benzene ring substituents is 1. The van der Waals surface area contributed by atoms with Crippen molar-refractivity contribution in [3.63, 3.8) is 0 Å². The highest BCUT2D eigenvalue weighted by molar-refractivity contribution is 9.10. The minimum Gasteiger partial charge on any atom is -0.457 e. The summed E-state index contributed by atoms with van der Waals surface area (Å²) in [6.07, 6.45) is 0. The number of esters is 1. The summed E-state index contributed by atoms with van der Waals surface area (Å²) in [4.78, 5) is 22.2. The Morgan fingerprint density at radius 1 is 1.19 bits per heavy atom. The fourth-order valence-corrected chi connectivity index (χ4v) is 2.48. The molecule has 0 bridgehead atoms. The average molecular weight is 415 g/mol. The van der Waals surface area contributed by atoms with Gasteiger partial charge in [0.25, 0.3) is 5.69 Å². The summed E-state index contributed by atoms with van der Waals surface area (Å²) in [5, 5.41) is 10.8. The lowest BCUT2D eigenvalue weighted by atomic mass is 10.2. The number of carbonyl (C=O) groups excluding carboxylic acids is 1. The predicted octanol–water partition coefficient (Wildman–Crippen LogP) is 4.48. The zero-order valence-electron chi connectivity index (χ0n) is 10.6. The van der Waals surface area contributed by atoms with Gasteiger partial charge in [0, 0.05) is 10.5 Å². The topological polar surface area (TPSA) is 69.4 Å². The molecule has 0 radical (unpaired) electrons. The number of rotatable bonds is 4. The Labute approximate surface area is 137 Å². The third-order valence-electron chi connectivity index (χ3n) is 2.64. The minimum absolute atomic E-state index is 0.0993. The van der Waals surface area contributed by atoms with Gasteiger partial charge >= 0.3 is 5.97 Å². The second kappa shape index (κ2) is 6.82. The van der Waals surface area contributed by atoms with E-state index in [0.717, 1.165) is 10.0 Å². The molecule has 0 atom stereocenters. The van der Waals surface area contributed by atoms with Crippen molar-refractivity contribution in [3.8, 4) is 0 Å². The first-order chi connectivity index (χ1) is 9.97. The van der Waals surface area contributed by atoms with Crippen LogP contribution in [0.2, 0.25) is 0 Å². The maximum atomic E-state index is 11.9. The zero-order chi connectivity index (χ0) is 15.4. The van der Waals surface area contributed by atoms with Crippen LogP contribution in [-0.2, 0) is 11.3 Å². The molecule has 0 aliphatic heterocycles. The van der Waals surface area contributed by atoms with Crippen LogP contribution in [0.5, 0.6) is 0 Å². The van der Waals surface area contributed by atoms with Gasteiger partial charge in [-0.05, 0) is 45.8 Å². The van der Waals surface area contributed by atoms with E-state index >= 15 is 0 Å². The lowest BCUT2D eigenvalue weighted by Crippen LogP contribution is -2.06. The Kier molecular flexibility index (Phi) is 5.08. The van der Waals surface area contributed by atoms with Crippen molar-refractivity contribution in [1.29, 1.82) is 0 Å². The molecule has 0 amide bonds. The normalized spacial score (nSPS) is 10.2. The summed E-state index contributed by atoms with van der Waals surface area (Å²) in [7, 11) is 0. The number of nitro groups is 1. The lowest BCUT2D eigenvalue weighted by Gasteiger charge is -2.06. The van der Waals surface area contributed by atoms with Crippen LogP contribution in [0.25, 0.3) is 0 Å². The molecule has 0 saturated heterocycles. The van der Waals surface area contributed by atoms with Crippen LogP contribution in [0.1, 0.15) is 15.9 Å². The van der Waals surface area contributed by atoms with Crippen molar-refractivity contribution in [2.24, 2.45) is 0 Å². The first-order valence-corrected chi connectivity index (χ1v) is 7.41. The highest BCUT2D eigenvalue weighted by Gasteiger charge is 2.16. The van der Waals surface area contributed by atoms with Gasteiger partial charge in [0.05, 0.1) is 15.0 Å². The fraction of sp³-hybridized carbons (Fsp3) is 0.0714. The van der Waals surface area contributed by atoms with Crippen molar-refractivity contribution in [2.45, 2.75) is 6.61 Å². The monoisotopic (exact) mass is 413 g/mol. The van der Waals surface area contributed by atoms with Crippen LogP contribution in [0.4, 0.5) is 5.69 Å². The van der Waals surface area contributed by atoms with Gasteiger partial charge in [-0.3, -0.25) is 10.1 Å². The Morgan fingerprint density at radius 3 is 2.62 bits per heavy atom. The van der Waals surface area contributed by atoms with Crippen molar-refractivity contribution in [1.82, 2.24) is 0 Å². The van der Waals surface area contributed by atoms with Gasteiger partial charge < -0.3 is 4.74 Å². The summed E-state index contributed by atoms with van der Waals surface area (Å²) in [6.45, 7) is 0.0993. The molecule has 0 spiro atoms.